The molecule has 0 radical (unpaired) electrons. The number of hydrogen-bond acceptors (Lipinski definition) is 3. The number of nitrogens with zero attached hydrogens (tertiary/aromatic N) is 2. The van der Waals surface area contributed by atoms with Gasteiger partial charge in [-0.05, 0) is 36.1 Å². The summed E-state index contributed by atoms with van der Waals surface area (Å²) in [5.41, 5.74) is 3.61. The van der Waals surface area contributed by atoms with E-state index in [4.69, 9.17) is 9.84 Å². The van der Waals surface area contributed by atoms with Crippen LogP contribution in [0, 0.1) is 0 Å². The SMILES string of the molecule is COc1ccc(-n2nc(C(C)C)cc2C(C)C)cc1C=O. The van der Waals surface area contributed by atoms with Gasteiger partial charge >= 0.3 is 0 Å². The largest absolute Gasteiger partial charge is 0.496 e. The monoisotopic (exact) mass is 286 g/mol. The summed E-state index contributed by atoms with van der Waals surface area (Å²) < 4.78 is 7.11. The first-order valence-electron chi connectivity index (χ1n) is 7.21. The summed E-state index contributed by atoms with van der Waals surface area (Å²) in [4.78, 5) is 11.2. The highest BCUT2D eigenvalue weighted by Gasteiger charge is 2.15. The van der Waals surface area contributed by atoms with Crippen molar-refractivity contribution in [3.8, 4) is 11.4 Å². The van der Waals surface area contributed by atoms with Crippen molar-refractivity contribution < 1.29 is 9.53 Å². The quantitative estimate of drug-likeness (QED) is 0.782. The molecule has 0 aliphatic rings. The maximum Gasteiger partial charge on any atom is 0.153 e. The minimum Gasteiger partial charge on any atom is -0.496 e. The van der Waals surface area contributed by atoms with Crippen molar-refractivity contribution in [1.82, 2.24) is 9.78 Å². The molecular formula is C17H22N2O2. The van der Waals surface area contributed by atoms with Crippen LogP contribution < -0.4 is 4.74 Å². The number of hydrogen-bond donors (Lipinski definition) is 0. The Kier molecular flexibility index (Phi) is 4.46. The standard InChI is InChI=1S/C17H22N2O2/c1-11(2)15-9-16(12(3)4)19(18-15)14-6-7-17(21-5)13(8-14)10-20/h6-12H,1-5H3. The second-order valence-electron chi connectivity index (χ2n) is 5.76. The van der Waals surface area contributed by atoms with Crippen molar-refractivity contribution in [2.75, 3.05) is 7.11 Å². The number of carbonyl (C=O) groups is 1. The van der Waals surface area contributed by atoms with E-state index in [1.165, 1.54) is 0 Å². The van der Waals surface area contributed by atoms with Gasteiger partial charge in [-0.25, -0.2) is 4.68 Å². The van der Waals surface area contributed by atoms with Crippen LogP contribution in [0.3, 0.4) is 0 Å². The number of aldehydes is 1. The highest BCUT2D eigenvalue weighted by atomic mass is 16.5. The minimum absolute atomic E-state index is 0.354. The fraction of sp³-hybridized carbons (Fsp3) is 0.412. The molecule has 0 atom stereocenters. The summed E-state index contributed by atoms with van der Waals surface area (Å²) in [5, 5.41) is 4.69. The number of benzene rings is 1. The van der Waals surface area contributed by atoms with Crippen molar-refractivity contribution in [3.05, 3.63) is 41.2 Å². The number of carbonyl (C=O) groups excluding carboxylic acids is 1. The van der Waals surface area contributed by atoms with Crippen LogP contribution in [0.5, 0.6) is 5.75 Å². The van der Waals surface area contributed by atoms with E-state index < -0.39 is 0 Å². The maximum atomic E-state index is 11.2. The lowest BCUT2D eigenvalue weighted by Crippen LogP contribution is -2.05. The zero-order valence-corrected chi connectivity index (χ0v) is 13.3. The molecule has 0 bridgehead atoms. The van der Waals surface area contributed by atoms with Gasteiger partial charge in [0.15, 0.2) is 6.29 Å². The minimum atomic E-state index is 0.354. The van der Waals surface area contributed by atoms with E-state index in [0.717, 1.165) is 23.4 Å². The average molecular weight is 286 g/mol. The van der Waals surface area contributed by atoms with Gasteiger partial charge < -0.3 is 4.74 Å². The van der Waals surface area contributed by atoms with Crippen LogP contribution in [0.15, 0.2) is 24.3 Å². The lowest BCUT2D eigenvalue weighted by Gasteiger charge is -2.12. The van der Waals surface area contributed by atoms with E-state index in [1.807, 2.05) is 16.8 Å². The third kappa shape index (κ3) is 2.99. The molecule has 0 saturated heterocycles. The van der Waals surface area contributed by atoms with Gasteiger partial charge in [0.1, 0.15) is 5.75 Å². The number of rotatable bonds is 5. The zero-order chi connectivity index (χ0) is 15.6. The third-order valence-electron chi connectivity index (χ3n) is 3.52. The zero-order valence-electron chi connectivity index (χ0n) is 13.3. The van der Waals surface area contributed by atoms with E-state index in [2.05, 4.69) is 33.8 Å². The molecule has 4 heteroatoms. The summed E-state index contributed by atoms with van der Waals surface area (Å²) in [6.07, 6.45) is 0.810. The van der Waals surface area contributed by atoms with Gasteiger partial charge in [-0.2, -0.15) is 5.10 Å². The Morgan fingerprint density at radius 2 is 1.86 bits per heavy atom. The molecule has 0 saturated carbocycles. The highest BCUT2D eigenvalue weighted by Crippen LogP contribution is 2.26. The average Bonchev–Trinajstić information content (AvgIpc) is 2.92. The molecule has 1 aromatic carbocycles. The van der Waals surface area contributed by atoms with E-state index in [-0.39, 0.29) is 0 Å². The predicted octanol–water partition coefficient (Wildman–Crippen LogP) is 3.94. The Balaban J connectivity index is 2.57. The van der Waals surface area contributed by atoms with Crippen LogP contribution in [0.1, 0.15) is 61.3 Å². The molecule has 1 heterocycles. The smallest absolute Gasteiger partial charge is 0.153 e. The van der Waals surface area contributed by atoms with Crippen molar-refractivity contribution in [2.45, 2.75) is 39.5 Å². The fourth-order valence-corrected chi connectivity index (χ4v) is 2.26. The van der Waals surface area contributed by atoms with E-state index in [9.17, 15) is 4.79 Å². The summed E-state index contributed by atoms with van der Waals surface area (Å²) in [6.45, 7) is 8.53. The van der Waals surface area contributed by atoms with Gasteiger partial charge in [-0.1, -0.05) is 27.7 Å². The molecule has 0 aliphatic heterocycles. The number of ether oxygens (including phenoxy) is 1. The van der Waals surface area contributed by atoms with Crippen LogP contribution in [-0.4, -0.2) is 23.2 Å². The topological polar surface area (TPSA) is 44.1 Å². The Morgan fingerprint density at radius 3 is 2.38 bits per heavy atom. The van der Waals surface area contributed by atoms with Gasteiger partial charge in [0.2, 0.25) is 0 Å². The lowest BCUT2D eigenvalue weighted by atomic mass is 10.1. The molecule has 0 aliphatic carbocycles. The molecule has 1 aromatic heterocycles. The molecule has 21 heavy (non-hydrogen) atoms. The Morgan fingerprint density at radius 1 is 1.14 bits per heavy atom. The molecule has 0 fully saturated rings. The van der Waals surface area contributed by atoms with Crippen molar-refractivity contribution in [2.24, 2.45) is 0 Å². The molecule has 0 spiro atoms. The summed E-state index contributed by atoms with van der Waals surface area (Å²) >= 11 is 0. The molecule has 4 nitrogen and oxygen atoms in total. The molecule has 112 valence electrons. The first-order valence-corrected chi connectivity index (χ1v) is 7.21. The Hall–Kier alpha value is -2.10. The molecule has 0 amide bonds. The van der Waals surface area contributed by atoms with Crippen molar-refractivity contribution >= 4 is 6.29 Å². The number of methoxy groups -OCH3 is 1. The summed E-state index contributed by atoms with van der Waals surface area (Å²) in [5.74, 6) is 1.30. The van der Waals surface area contributed by atoms with Crippen LogP contribution in [0.2, 0.25) is 0 Å². The van der Waals surface area contributed by atoms with Crippen molar-refractivity contribution in [1.29, 1.82) is 0 Å². The van der Waals surface area contributed by atoms with Crippen LogP contribution in [0.25, 0.3) is 5.69 Å². The highest BCUT2D eigenvalue weighted by molar-refractivity contribution is 5.80. The molecule has 0 N–H and O–H groups in total. The van der Waals surface area contributed by atoms with Gasteiger partial charge in [0.05, 0.1) is 24.1 Å². The van der Waals surface area contributed by atoms with E-state index in [1.54, 1.807) is 13.2 Å². The fourth-order valence-electron chi connectivity index (χ4n) is 2.26. The lowest BCUT2D eigenvalue weighted by molar-refractivity contribution is 0.112. The van der Waals surface area contributed by atoms with Gasteiger partial charge in [0.25, 0.3) is 0 Å². The second-order valence-corrected chi connectivity index (χ2v) is 5.76. The normalized spacial score (nSPS) is 11.2. The van der Waals surface area contributed by atoms with Crippen LogP contribution >= 0.6 is 0 Å². The summed E-state index contributed by atoms with van der Waals surface area (Å²) in [6, 6.07) is 7.68. The maximum absolute atomic E-state index is 11.2. The molecular weight excluding hydrogens is 264 g/mol. The Labute approximate surface area is 125 Å². The third-order valence-corrected chi connectivity index (χ3v) is 3.52. The Bertz CT molecular complexity index is 642. The van der Waals surface area contributed by atoms with Gasteiger partial charge in [0, 0.05) is 5.69 Å². The first kappa shape index (κ1) is 15.3. The summed E-state index contributed by atoms with van der Waals surface area (Å²) in [7, 11) is 1.56. The molecule has 0 unspecified atom stereocenters. The van der Waals surface area contributed by atoms with Crippen LogP contribution in [-0.2, 0) is 0 Å². The second kappa shape index (κ2) is 6.12. The van der Waals surface area contributed by atoms with Crippen molar-refractivity contribution in [3.63, 3.8) is 0 Å². The predicted molar refractivity (Wildman–Crippen MR) is 83.7 cm³/mol. The first-order chi connectivity index (χ1) is 9.97. The van der Waals surface area contributed by atoms with Crippen LogP contribution in [0.4, 0.5) is 0 Å². The van der Waals surface area contributed by atoms with E-state index in [0.29, 0.717) is 23.1 Å². The molecule has 2 rings (SSSR count). The number of aromatic nitrogens is 2. The van der Waals surface area contributed by atoms with Gasteiger partial charge in [-0.3, -0.25) is 4.79 Å². The molecule has 2 aromatic rings. The van der Waals surface area contributed by atoms with Gasteiger partial charge in [-0.15, -0.1) is 0 Å². The van der Waals surface area contributed by atoms with E-state index >= 15 is 0 Å².